The number of hydrogen-bond donors (Lipinski definition) is 0. The molecule has 2 rings (SSSR count). The second kappa shape index (κ2) is 4.83. The number of rotatable bonds is 0. The van der Waals surface area contributed by atoms with Gasteiger partial charge in [-0.25, -0.2) is 0 Å². The van der Waals surface area contributed by atoms with Gasteiger partial charge in [0.05, 0.1) is 6.61 Å². The maximum absolute atomic E-state index is 5.41. The fourth-order valence-electron chi connectivity index (χ4n) is 2.16. The number of ether oxygens (including phenoxy) is 1. The van der Waals surface area contributed by atoms with E-state index >= 15 is 0 Å². The van der Waals surface area contributed by atoms with Crippen LogP contribution in [0, 0.1) is 11.8 Å². The standard InChI is InChI=1S/C8H15NO.C2H6/c1-9-4-7-2-3-10-6-8(7)5-9;1-2/h7-8H,2-6H2,1H3;1-2H3. The van der Waals surface area contributed by atoms with E-state index in [1.54, 1.807) is 0 Å². The summed E-state index contributed by atoms with van der Waals surface area (Å²) in [5.74, 6) is 1.79. The van der Waals surface area contributed by atoms with E-state index in [1.807, 2.05) is 13.8 Å². The van der Waals surface area contributed by atoms with Crippen LogP contribution in [0.25, 0.3) is 0 Å². The zero-order chi connectivity index (χ0) is 8.97. The van der Waals surface area contributed by atoms with Gasteiger partial charge >= 0.3 is 0 Å². The Morgan fingerprint density at radius 1 is 1.17 bits per heavy atom. The third kappa shape index (κ3) is 2.20. The molecule has 0 amide bonds. The largest absolute Gasteiger partial charge is 0.381 e. The van der Waals surface area contributed by atoms with Gasteiger partial charge in [-0.3, -0.25) is 0 Å². The molecule has 0 bridgehead atoms. The molecule has 2 aliphatic heterocycles. The van der Waals surface area contributed by atoms with Gasteiger partial charge in [0.1, 0.15) is 0 Å². The summed E-state index contributed by atoms with van der Waals surface area (Å²) in [6, 6.07) is 0. The lowest BCUT2D eigenvalue weighted by molar-refractivity contribution is 0.0371. The fourth-order valence-corrected chi connectivity index (χ4v) is 2.16. The number of nitrogens with zero attached hydrogens (tertiary/aromatic N) is 1. The van der Waals surface area contributed by atoms with E-state index < -0.39 is 0 Å². The molecule has 0 N–H and O–H groups in total. The molecule has 12 heavy (non-hydrogen) atoms. The van der Waals surface area contributed by atoms with Crippen LogP contribution in [0.4, 0.5) is 0 Å². The monoisotopic (exact) mass is 171 g/mol. The van der Waals surface area contributed by atoms with Crippen LogP contribution in [0.15, 0.2) is 0 Å². The Balaban J connectivity index is 0.000000336. The molecule has 0 aromatic heterocycles. The summed E-state index contributed by atoms with van der Waals surface area (Å²) in [6.45, 7) is 8.56. The van der Waals surface area contributed by atoms with Crippen molar-refractivity contribution in [3.63, 3.8) is 0 Å². The minimum Gasteiger partial charge on any atom is -0.381 e. The van der Waals surface area contributed by atoms with Gasteiger partial charge in [0.2, 0.25) is 0 Å². The highest BCUT2D eigenvalue weighted by molar-refractivity contribution is 4.84. The fraction of sp³-hybridized carbons (Fsp3) is 1.00. The third-order valence-corrected chi connectivity index (χ3v) is 2.72. The lowest BCUT2D eigenvalue weighted by atomic mass is 9.92. The van der Waals surface area contributed by atoms with Gasteiger partial charge in [-0.1, -0.05) is 13.8 Å². The van der Waals surface area contributed by atoms with Crippen LogP contribution in [0.5, 0.6) is 0 Å². The Morgan fingerprint density at radius 3 is 2.50 bits per heavy atom. The lowest BCUT2D eigenvalue weighted by Gasteiger charge is -2.23. The van der Waals surface area contributed by atoms with Gasteiger partial charge < -0.3 is 9.64 Å². The first-order chi connectivity index (χ1) is 5.86. The second-order valence-electron chi connectivity index (χ2n) is 3.60. The Labute approximate surface area is 75.9 Å². The molecule has 2 heteroatoms. The Kier molecular flexibility index (Phi) is 4.02. The molecule has 0 radical (unpaired) electrons. The topological polar surface area (TPSA) is 12.5 Å². The molecule has 2 unspecified atom stereocenters. The van der Waals surface area contributed by atoms with E-state index in [2.05, 4.69) is 11.9 Å². The molecular weight excluding hydrogens is 150 g/mol. The van der Waals surface area contributed by atoms with Crippen LogP contribution < -0.4 is 0 Å². The second-order valence-corrected chi connectivity index (χ2v) is 3.60. The van der Waals surface area contributed by atoms with Crippen molar-refractivity contribution in [1.82, 2.24) is 4.90 Å². The molecule has 0 saturated carbocycles. The van der Waals surface area contributed by atoms with Crippen molar-refractivity contribution in [3.8, 4) is 0 Å². The molecule has 0 aromatic carbocycles. The highest BCUT2D eigenvalue weighted by atomic mass is 16.5. The minimum atomic E-state index is 0.846. The van der Waals surface area contributed by atoms with E-state index in [9.17, 15) is 0 Å². The van der Waals surface area contributed by atoms with E-state index in [0.29, 0.717) is 0 Å². The van der Waals surface area contributed by atoms with Crippen molar-refractivity contribution in [1.29, 1.82) is 0 Å². The molecule has 0 aromatic rings. The molecule has 2 aliphatic rings. The summed E-state index contributed by atoms with van der Waals surface area (Å²) in [5, 5.41) is 0. The van der Waals surface area contributed by atoms with Gasteiger partial charge in [0.25, 0.3) is 0 Å². The number of likely N-dealkylation sites (tertiary alicyclic amines) is 1. The van der Waals surface area contributed by atoms with Gasteiger partial charge in [-0.15, -0.1) is 0 Å². The average molecular weight is 171 g/mol. The van der Waals surface area contributed by atoms with Crippen molar-refractivity contribution < 1.29 is 4.74 Å². The highest BCUT2D eigenvalue weighted by Crippen LogP contribution is 2.28. The van der Waals surface area contributed by atoms with E-state index in [1.165, 1.54) is 19.5 Å². The summed E-state index contributed by atoms with van der Waals surface area (Å²) in [6.07, 6.45) is 1.29. The zero-order valence-corrected chi connectivity index (χ0v) is 8.55. The molecule has 2 nitrogen and oxygen atoms in total. The maximum Gasteiger partial charge on any atom is 0.0509 e. The van der Waals surface area contributed by atoms with E-state index in [0.717, 1.165) is 25.0 Å². The van der Waals surface area contributed by atoms with E-state index in [4.69, 9.17) is 4.74 Å². The Morgan fingerprint density at radius 2 is 1.83 bits per heavy atom. The summed E-state index contributed by atoms with van der Waals surface area (Å²) in [5.41, 5.74) is 0. The zero-order valence-electron chi connectivity index (χ0n) is 8.55. The first kappa shape index (κ1) is 10.0. The third-order valence-electron chi connectivity index (χ3n) is 2.72. The summed E-state index contributed by atoms with van der Waals surface area (Å²) >= 11 is 0. The van der Waals surface area contributed by atoms with Gasteiger partial charge in [-0.2, -0.15) is 0 Å². The molecule has 0 aliphatic carbocycles. The molecule has 72 valence electrons. The maximum atomic E-state index is 5.41. The van der Waals surface area contributed by atoms with Crippen molar-refractivity contribution in [2.45, 2.75) is 20.3 Å². The quantitative estimate of drug-likeness (QED) is 0.549. The normalized spacial score (nSPS) is 35.2. The number of hydrogen-bond acceptors (Lipinski definition) is 2. The lowest BCUT2D eigenvalue weighted by Crippen LogP contribution is -2.25. The van der Waals surface area contributed by atoms with Crippen LogP contribution in [0.2, 0.25) is 0 Å². The van der Waals surface area contributed by atoms with Crippen molar-refractivity contribution in [2.75, 3.05) is 33.4 Å². The molecule has 2 atom stereocenters. The molecular formula is C10H21NO. The molecule has 2 heterocycles. The Bertz CT molecular complexity index is 113. The summed E-state index contributed by atoms with van der Waals surface area (Å²) in [7, 11) is 2.21. The predicted molar refractivity (Wildman–Crippen MR) is 51.3 cm³/mol. The highest BCUT2D eigenvalue weighted by Gasteiger charge is 2.32. The van der Waals surface area contributed by atoms with Gasteiger partial charge in [-0.05, 0) is 25.3 Å². The van der Waals surface area contributed by atoms with Crippen molar-refractivity contribution in [2.24, 2.45) is 11.8 Å². The van der Waals surface area contributed by atoms with Crippen LogP contribution in [-0.2, 0) is 4.74 Å². The smallest absolute Gasteiger partial charge is 0.0509 e. The van der Waals surface area contributed by atoms with Crippen LogP contribution in [0.3, 0.4) is 0 Å². The predicted octanol–water partition coefficient (Wildman–Crippen LogP) is 1.61. The summed E-state index contributed by atoms with van der Waals surface area (Å²) in [4.78, 5) is 2.42. The minimum absolute atomic E-state index is 0.846. The van der Waals surface area contributed by atoms with Crippen LogP contribution >= 0.6 is 0 Å². The van der Waals surface area contributed by atoms with Gasteiger partial charge in [0.15, 0.2) is 0 Å². The number of fused-ring (bicyclic) bond motifs is 1. The SMILES string of the molecule is CC.CN1CC2CCOCC2C1. The first-order valence-electron chi connectivity index (χ1n) is 5.12. The van der Waals surface area contributed by atoms with Crippen LogP contribution in [0.1, 0.15) is 20.3 Å². The van der Waals surface area contributed by atoms with E-state index in [-0.39, 0.29) is 0 Å². The van der Waals surface area contributed by atoms with Gasteiger partial charge in [0, 0.05) is 19.7 Å². The first-order valence-corrected chi connectivity index (χ1v) is 5.12. The Hall–Kier alpha value is -0.0800. The van der Waals surface area contributed by atoms with Crippen molar-refractivity contribution in [3.05, 3.63) is 0 Å². The van der Waals surface area contributed by atoms with Crippen LogP contribution in [-0.4, -0.2) is 38.3 Å². The molecule has 0 spiro atoms. The summed E-state index contributed by atoms with van der Waals surface area (Å²) < 4.78 is 5.41. The average Bonchev–Trinajstić information content (AvgIpc) is 2.48. The molecule has 2 saturated heterocycles. The van der Waals surface area contributed by atoms with Crippen molar-refractivity contribution >= 4 is 0 Å². The molecule has 2 fully saturated rings.